The van der Waals surface area contributed by atoms with Crippen LogP contribution < -0.4 is 10.1 Å². The Morgan fingerprint density at radius 3 is 2.89 bits per heavy atom. The first-order valence-corrected chi connectivity index (χ1v) is 13.0. The summed E-state index contributed by atoms with van der Waals surface area (Å²) in [6, 6.07) is 15.8. The molecule has 2 amide bonds. The fourth-order valence-electron chi connectivity index (χ4n) is 4.41. The minimum absolute atomic E-state index is 0.00209. The predicted octanol–water partition coefficient (Wildman–Crippen LogP) is 5.06. The largest absolute Gasteiger partial charge is 0.494 e. The molecule has 0 saturated heterocycles. The Balaban J connectivity index is 1.38. The van der Waals surface area contributed by atoms with Gasteiger partial charge in [-0.1, -0.05) is 25.1 Å². The number of nitrogens with zero attached hydrogens (tertiary/aromatic N) is 3. The third-order valence-corrected chi connectivity index (χ3v) is 7.46. The minimum Gasteiger partial charge on any atom is -0.494 e. The number of ether oxygens (including phenoxy) is 1. The molecule has 4 rings (SSSR count). The number of nitrogens with one attached hydrogen (secondary N) is 1. The molecule has 1 aliphatic rings. The second-order valence-corrected chi connectivity index (χ2v) is 9.97. The highest BCUT2D eigenvalue weighted by atomic mass is 32.1. The highest BCUT2D eigenvalue weighted by Gasteiger charge is 2.27. The lowest BCUT2D eigenvalue weighted by Crippen LogP contribution is -2.35. The second kappa shape index (κ2) is 11.8. The Hall–Kier alpha value is -3.70. The van der Waals surface area contributed by atoms with E-state index < -0.39 is 0 Å². The van der Waals surface area contributed by atoms with Gasteiger partial charge in [-0.05, 0) is 61.1 Å². The summed E-state index contributed by atoms with van der Waals surface area (Å²) in [5.41, 5.74) is 3.40. The van der Waals surface area contributed by atoms with E-state index in [1.54, 1.807) is 6.20 Å². The van der Waals surface area contributed by atoms with E-state index in [1.165, 1.54) is 11.3 Å². The van der Waals surface area contributed by atoms with E-state index in [2.05, 4.69) is 16.4 Å². The molecule has 0 bridgehead atoms. The van der Waals surface area contributed by atoms with Crippen LogP contribution in [0.4, 0.5) is 5.00 Å². The Labute approximate surface area is 215 Å². The van der Waals surface area contributed by atoms with Gasteiger partial charge in [0, 0.05) is 36.2 Å². The maximum atomic E-state index is 12.9. The second-order valence-electron chi connectivity index (χ2n) is 8.86. The van der Waals surface area contributed by atoms with Crippen molar-refractivity contribution in [2.45, 2.75) is 52.0 Å². The monoisotopic (exact) mass is 502 g/mol. The molecule has 1 N–H and O–H groups in total. The van der Waals surface area contributed by atoms with Crippen LogP contribution in [-0.4, -0.2) is 34.8 Å². The summed E-state index contributed by atoms with van der Waals surface area (Å²) >= 11 is 1.40. The highest BCUT2D eigenvalue weighted by molar-refractivity contribution is 7.16. The summed E-state index contributed by atoms with van der Waals surface area (Å²) in [7, 11) is 0. The van der Waals surface area contributed by atoms with Crippen molar-refractivity contribution >= 4 is 28.2 Å². The first-order chi connectivity index (χ1) is 17.5. The van der Waals surface area contributed by atoms with Gasteiger partial charge in [0.2, 0.25) is 11.8 Å². The number of hydrogen-bond donors (Lipinski definition) is 1. The van der Waals surface area contributed by atoms with E-state index in [0.29, 0.717) is 55.9 Å². The number of anilines is 1. The van der Waals surface area contributed by atoms with Crippen LogP contribution in [0.2, 0.25) is 0 Å². The van der Waals surface area contributed by atoms with Gasteiger partial charge in [0.05, 0.1) is 18.7 Å². The standard InChI is InChI=1S/C28H30N4O3S/c1-3-35-22-9-6-7-20(16-22)19(2)15-26(33)31-28-24(17-29)23-12-14-32(18-25(23)36-28)27(34)11-10-21-8-4-5-13-30-21/h4-9,13,16,19H,3,10-12,14-15,18H2,1-2H3,(H,31,33)/t19-/m0/s1. The van der Waals surface area contributed by atoms with Crippen LogP contribution in [0.1, 0.15) is 59.9 Å². The molecule has 0 spiro atoms. The highest BCUT2D eigenvalue weighted by Crippen LogP contribution is 2.37. The Bertz CT molecular complexity index is 1270. The summed E-state index contributed by atoms with van der Waals surface area (Å²) in [6.07, 6.45) is 3.64. The molecule has 1 aliphatic heterocycles. The fraction of sp³-hybridized carbons (Fsp3) is 0.357. The normalized spacial score (nSPS) is 13.4. The molecule has 1 aromatic carbocycles. The molecule has 0 aliphatic carbocycles. The summed E-state index contributed by atoms with van der Waals surface area (Å²) in [4.78, 5) is 32.8. The predicted molar refractivity (Wildman–Crippen MR) is 140 cm³/mol. The number of thiophene rings is 1. The number of rotatable bonds is 9. The Morgan fingerprint density at radius 2 is 2.14 bits per heavy atom. The van der Waals surface area contributed by atoms with E-state index in [0.717, 1.165) is 27.4 Å². The van der Waals surface area contributed by atoms with Gasteiger partial charge in [-0.2, -0.15) is 5.26 Å². The Morgan fingerprint density at radius 1 is 1.28 bits per heavy atom. The van der Waals surface area contributed by atoms with Crippen LogP contribution in [0.25, 0.3) is 0 Å². The summed E-state index contributed by atoms with van der Waals surface area (Å²) < 4.78 is 5.57. The first kappa shape index (κ1) is 25.4. The molecule has 0 saturated carbocycles. The van der Waals surface area contributed by atoms with Gasteiger partial charge < -0.3 is 15.0 Å². The molecule has 8 heteroatoms. The number of nitriles is 1. The van der Waals surface area contributed by atoms with Crippen LogP contribution in [0.5, 0.6) is 5.75 Å². The van der Waals surface area contributed by atoms with Crippen LogP contribution >= 0.6 is 11.3 Å². The molecular formula is C28H30N4O3S. The van der Waals surface area contributed by atoms with Crippen LogP contribution in [-0.2, 0) is 29.0 Å². The smallest absolute Gasteiger partial charge is 0.225 e. The SMILES string of the molecule is CCOc1cccc([C@@H](C)CC(=O)Nc2sc3c(c2C#N)CCN(C(=O)CCc2ccccn2)C3)c1. The summed E-state index contributed by atoms with van der Waals surface area (Å²) in [5.74, 6) is 0.728. The molecule has 1 atom stereocenters. The lowest BCUT2D eigenvalue weighted by atomic mass is 9.97. The number of fused-ring (bicyclic) bond motifs is 1. The van der Waals surface area contributed by atoms with Crippen molar-refractivity contribution in [2.75, 3.05) is 18.5 Å². The number of carbonyl (C=O) groups is 2. The van der Waals surface area contributed by atoms with Gasteiger partial charge in [-0.3, -0.25) is 14.6 Å². The average molecular weight is 503 g/mol. The van der Waals surface area contributed by atoms with Crippen molar-refractivity contribution in [3.05, 3.63) is 75.9 Å². The van der Waals surface area contributed by atoms with Gasteiger partial charge >= 0.3 is 0 Å². The number of hydrogen-bond acceptors (Lipinski definition) is 6. The molecule has 36 heavy (non-hydrogen) atoms. The number of amides is 2. The van der Waals surface area contributed by atoms with Crippen LogP contribution in [0.3, 0.4) is 0 Å². The molecule has 0 fully saturated rings. The maximum Gasteiger partial charge on any atom is 0.225 e. The van der Waals surface area contributed by atoms with E-state index in [9.17, 15) is 14.9 Å². The van der Waals surface area contributed by atoms with E-state index in [-0.39, 0.29) is 17.7 Å². The van der Waals surface area contributed by atoms with Crippen molar-refractivity contribution in [1.29, 1.82) is 5.26 Å². The van der Waals surface area contributed by atoms with E-state index >= 15 is 0 Å². The van der Waals surface area contributed by atoms with Gasteiger partial charge in [0.1, 0.15) is 16.8 Å². The molecule has 2 aromatic heterocycles. The number of aryl methyl sites for hydroxylation is 1. The van der Waals surface area contributed by atoms with Crippen molar-refractivity contribution in [2.24, 2.45) is 0 Å². The molecule has 7 nitrogen and oxygen atoms in total. The van der Waals surface area contributed by atoms with Gasteiger partial charge in [0.25, 0.3) is 0 Å². The third kappa shape index (κ3) is 6.10. The van der Waals surface area contributed by atoms with Gasteiger partial charge in [0.15, 0.2) is 0 Å². The fourth-order valence-corrected chi connectivity index (χ4v) is 5.64. The topological polar surface area (TPSA) is 95.3 Å². The lowest BCUT2D eigenvalue weighted by Gasteiger charge is -2.27. The third-order valence-electron chi connectivity index (χ3n) is 6.33. The zero-order chi connectivity index (χ0) is 25.5. The van der Waals surface area contributed by atoms with Crippen LogP contribution in [0.15, 0.2) is 48.7 Å². The number of aromatic nitrogens is 1. The molecular weight excluding hydrogens is 472 g/mol. The van der Waals surface area contributed by atoms with Crippen molar-refractivity contribution < 1.29 is 14.3 Å². The van der Waals surface area contributed by atoms with E-state index in [1.807, 2.05) is 61.2 Å². The first-order valence-electron chi connectivity index (χ1n) is 12.2. The molecule has 0 unspecified atom stereocenters. The zero-order valence-corrected chi connectivity index (χ0v) is 21.4. The number of pyridine rings is 1. The quantitative estimate of drug-likeness (QED) is 0.441. The van der Waals surface area contributed by atoms with Crippen molar-refractivity contribution in [3.63, 3.8) is 0 Å². The maximum absolute atomic E-state index is 12.9. The van der Waals surface area contributed by atoms with Gasteiger partial charge in [-0.25, -0.2) is 0 Å². The molecule has 186 valence electrons. The lowest BCUT2D eigenvalue weighted by molar-refractivity contribution is -0.132. The average Bonchev–Trinajstić information content (AvgIpc) is 3.24. The number of benzene rings is 1. The van der Waals surface area contributed by atoms with E-state index in [4.69, 9.17) is 4.74 Å². The zero-order valence-electron chi connectivity index (χ0n) is 20.6. The van der Waals surface area contributed by atoms with Crippen LogP contribution in [0, 0.1) is 11.3 Å². The minimum atomic E-state index is -0.136. The Kier molecular flexibility index (Phi) is 8.34. The van der Waals surface area contributed by atoms with Crippen molar-refractivity contribution in [1.82, 2.24) is 9.88 Å². The van der Waals surface area contributed by atoms with Gasteiger partial charge in [-0.15, -0.1) is 11.3 Å². The molecule has 0 radical (unpaired) electrons. The summed E-state index contributed by atoms with van der Waals surface area (Å²) in [6.45, 7) is 5.57. The number of carbonyl (C=O) groups excluding carboxylic acids is 2. The summed E-state index contributed by atoms with van der Waals surface area (Å²) in [5, 5.41) is 13.3. The molecule has 3 heterocycles. The molecule has 3 aromatic rings. The van der Waals surface area contributed by atoms with Crippen molar-refractivity contribution in [3.8, 4) is 11.8 Å².